The molecule has 0 aliphatic carbocycles. The molecule has 102 valence electrons. The number of hydrogen-bond acceptors (Lipinski definition) is 5. The van der Waals surface area contributed by atoms with Crippen LogP contribution in [0.3, 0.4) is 0 Å². The largest absolute Gasteiger partial charge is 0.392 e. The molecule has 0 saturated carbocycles. The summed E-state index contributed by atoms with van der Waals surface area (Å²) in [5.74, 6) is 0. The Morgan fingerprint density at radius 2 is 2.11 bits per heavy atom. The van der Waals surface area contributed by atoms with Crippen LogP contribution in [0.1, 0.15) is 11.1 Å². The van der Waals surface area contributed by atoms with Gasteiger partial charge in [0, 0.05) is 31.5 Å². The normalized spacial score (nSPS) is 11.7. The molecule has 0 bridgehead atoms. The highest BCUT2D eigenvalue weighted by molar-refractivity contribution is 7.89. The molecular weight excluding hydrogens is 268 g/mol. The maximum atomic E-state index is 11.9. The Hall–Kier alpha value is -1.77. The number of sulfonamides is 1. The fourth-order valence-electron chi connectivity index (χ4n) is 1.48. The molecule has 0 fully saturated rings. The molecule has 0 radical (unpaired) electrons. The first kappa shape index (κ1) is 13.7. The summed E-state index contributed by atoms with van der Waals surface area (Å²) in [7, 11) is -1.90. The lowest BCUT2D eigenvalue weighted by atomic mass is 10.3. The van der Waals surface area contributed by atoms with Crippen molar-refractivity contribution in [2.75, 3.05) is 0 Å². The minimum atomic E-state index is -3.65. The van der Waals surface area contributed by atoms with Crippen molar-refractivity contribution in [2.24, 2.45) is 7.05 Å². The van der Waals surface area contributed by atoms with Crippen molar-refractivity contribution in [1.82, 2.24) is 19.5 Å². The van der Waals surface area contributed by atoms with Gasteiger partial charge in [0.15, 0.2) is 5.03 Å². The van der Waals surface area contributed by atoms with E-state index in [4.69, 9.17) is 5.11 Å². The van der Waals surface area contributed by atoms with Crippen LogP contribution in [0.25, 0.3) is 0 Å². The summed E-state index contributed by atoms with van der Waals surface area (Å²) in [5, 5.41) is 12.7. The van der Waals surface area contributed by atoms with Gasteiger partial charge in [-0.15, -0.1) is 0 Å². The minimum Gasteiger partial charge on any atom is -0.392 e. The molecule has 0 aromatic carbocycles. The van der Waals surface area contributed by atoms with E-state index in [9.17, 15) is 8.42 Å². The zero-order valence-corrected chi connectivity index (χ0v) is 11.1. The van der Waals surface area contributed by atoms with Gasteiger partial charge >= 0.3 is 0 Å². The molecule has 0 aliphatic rings. The van der Waals surface area contributed by atoms with Crippen LogP contribution >= 0.6 is 0 Å². The summed E-state index contributed by atoms with van der Waals surface area (Å²) in [6.07, 6.45) is 4.65. The number of pyridine rings is 1. The van der Waals surface area contributed by atoms with E-state index in [-0.39, 0.29) is 18.2 Å². The summed E-state index contributed by atoms with van der Waals surface area (Å²) < 4.78 is 27.9. The van der Waals surface area contributed by atoms with Crippen molar-refractivity contribution in [3.8, 4) is 0 Å². The van der Waals surface area contributed by atoms with Crippen LogP contribution in [0.5, 0.6) is 0 Å². The predicted molar refractivity (Wildman–Crippen MR) is 67.4 cm³/mol. The highest BCUT2D eigenvalue weighted by Crippen LogP contribution is 2.07. The molecule has 2 rings (SSSR count). The van der Waals surface area contributed by atoms with E-state index in [0.29, 0.717) is 5.56 Å². The second kappa shape index (κ2) is 5.47. The molecule has 2 heterocycles. The summed E-state index contributed by atoms with van der Waals surface area (Å²) >= 11 is 0. The number of hydrogen-bond donors (Lipinski definition) is 2. The lowest BCUT2D eigenvalue weighted by Crippen LogP contribution is -2.24. The van der Waals surface area contributed by atoms with E-state index >= 15 is 0 Å². The molecule has 2 N–H and O–H groups in total. The Labute approximate surface area is 111 Å². The summed E-state index contributed by atoms with van der Waals surface area (Å²) in [5.41, 5.74) is 1.32. The van der Waals surface area contributed by atoms with Crippen molar-refractivity contribution in [2.45, 2.75) is 18.2 Å². The average Bonchev–Trinajstić information content (AvgIpc) is 2.82. The van der Waals surface area contributed by atoms with Crippen molar-refractivity contribution in [1.29, 1.82) is 0 Å². The summed E-state index contributed by atoms with van der Waals surface area (Å²) in [6.45, 7) is -0.0178. The standard InChI is InChI=1S/C11H14N4O3S/c1-15-7-10(5-13-15)6-14-19(17,18)11-3-2-9(8-16)4-12-11/h2-5,7,14,16H,6,8H2,1H3. The number of aliphatic hydroxyl groups excluding tert-OH is 1. The van der Waals surface area contributed by atoms with Gasteiger partial charge in [-0.05, 0) is 11.6 Å². The Morgan fingerprint density at radius 3 is 2.63 bits per heavy atom. The van der Waals surface area contributed by atoms with Crippen LogP contribution in [-0.4, -0.2) is 28.3 Å². The Kier molecular flexibility index (Phi) is 3.93. The van der Waals surface area contributed by atoms with Crippen LogP contribution < -0.4 is 4.72 Å². The molecule has 0 spiro atoms. The van der Waals surface area contributed by atoms with Gasteiger partial charge in [0.05, 0.1) is 12.8 Å². The molecule has 0 saturated heterocycles. The first-order chi connectivity index (χ1) is 9.01. The fraction of sp³-hybridized carbons (Fsp3) is 0.273. The predicted octanol–water partition coefficient (Wildman–Crippen LogP) is -0.214. The van der Waals surface area contributed by atoms with Crippen LogP contribution in [0.4, 0.5) is 0 Å². The summed E-state index contributed by atoms with van der Waals surface area (Å²) in [4.78, 5) is 3.81. The Morgan fingerprint density at radius 1 is 1.32 bits per heavy atom. The first-order valence-corrected chi connectivity index (χ1v) is 7.02. The maximum absolute atomic E-state index is 11.9. The molecule has 7 nitrogen and oxygen atoms in total. The smallest absolute Gasteiger partial charge is 0.258 e. The molecule has 19 heavy (non-hydrogen) atoms. The lowest BCUT2D eigenvalue weighted by Gasteiger charge is -2.05. The summed E-state index contributed by atoms with van der Waals surface area (Å²) in [6, 6.07) is 2.88. The highest BCUT2D eigenvalue weighted by atomic mass is 32.2. The maximum Gasteiger partial charge on any atom is 0.258 e. The second-order valence-corrected chi connectivity index (χ2v) is 5.72. The van der Waals surface area contributed by atoms with E-state index in [1.807, 2.05) is 0 Å². The number of nitrogens with one attached hydrogen (secondary N) is 1. The van der Waals surface area contributed by atoms with Crippen LogP contribution in [0.2, 0.25) is 0 Å². The van der Waals surface area contributed by atoms with Crippen LogP contribution in [0, 0.1) is 0 Å². The zero-order valence-electron chi connectivity index (χ0n) is 10.3. The number of aromatic nitrogens is 3. The highest BCUT2D eigenvalue weighted by Gasteiger charge is 2.15. The SMILES string of the molecule is Cn1cc(CNS(=O)(=O)c2ccc(CO)cn2)cn1. The Balaban J connectivity index is 2.09. The topological polar surface area (TPSA) is 97.1 Å². The van der Waals surface area contributed by atoms with Crippen molar-refractivity contribution in [3.05, 3.63) is 41.9 Å². The molecule has 0 atom stereocenters. The number of aliphatic hydroxyl groups is 1. The van der Waals surface area contributed by atoms with Crippen LogP contribution in [-0.2, 0) is 30.2 Å². The minimum absolute atomic E-state index is 0.0754. The van der Waals surface area contributed by atoms with E-state index in [2.05, 4.69) is 14.8 Å². The Bertz CT molecular complexity index is 649. The van der Waals surface area contributed by atoms with Gasteiger partial charge in [-0.2, -0.15) is 5.10 Å². The van der Waals surface area contributed by atoms with E-state index in [0.717, 1.165) is 5.56 Å². The average molecular weight is 282 g/mol. The van der Waals surface area contributed by atoms with E-state index in [1.54, 1.807) is 24.1 Å². The molecule has 8 heteroatoms. The van der Waals surface area contributed by atoms with Crippen LogP contribution in [0.15, 0.2) is 35.7 Å². The molecule has 0 amide bonds. The third-order valence-electron chi connectivity index (χ3n) is 2.48. The lowest BCUT2D eigenvalue weighted by molar-refractivity contribution is 0.281. The molecule has 2 aromatic heterocycles. The quantitative estimate of drug-likeness (QED) is 0.790. The molecular formula is C11H14N4O3S. The third kappa shape index (κ3) is 3.37. The van der Waals surface area contributed by atoms with Gasteiger partial charge in [-0.1, -0.05) is 6.07 Å². The van der Waals surface area contributed by atoms with Gasteiger partial charge in [0.1, 0.15) is 0 Å². The second-order valence-electron chi connectivity index (χ2n) is 4.01. The van der Waals surface area contributed by atoms with Gasteiger partial charge < -0.3 is 5.11 Å². The molecule has 0 aliphatic heterocycles. The monoisotopic (exact) mass is 282 g/mol. The van der Waals surface area contributed by atoms with Crippen molar-refractivity contribution < 1.29 is 13.5 Å². The van der Waals surface area contributed by atoms with Crippen molar-refractivity contribution >= 4 is 10.0 Å². The van der Waals surface area contributed by atoms with Gasteiger partial charge in [-0.3, -0.25) is 4.68 Å². The van der Waals surface area contributed by atoms with Crippen molar-refractivity contribution in [3.63, 3.8) is 0 Å². The fourth-order valence-corrected chi connectivity index (χ4v) is 2.42. The number of aryl methyl sites for hydroxylation is 1. The number of rotatable bonds is 5. The van der Waals surface area contributed by atoms with Gasteiger partial charge in [0.25, 0.3) is 10.0 Å². The van der Waals surface area contributed by atoms with Gasteiger partial charge in [0.2, 0.25) is 0 Å². The third-order valence-corrected chi connectivity index (χ3v) is 3.80. The van der Waals surface area contributed by atoms with E-state index in [1.165, 1.54) is 18.3 Å². The molecule has 0 unspecified atom stereocenters. The molecule has 2 aromatic rings. The van der Waals surface area contributed by atoms with E-state index < -0.39 is 10.0 Å². The first-order valence-electron chi connectivity index (χ1n) is 5.54. The zero-order chi connectivity index (χ0) is 13.9. The van der Waals surface area contributed by atoms with Gasteiger partial charge in [-0.25, -0.2) is 18.1 Å². The number of nitrogens with zero attached hydrogens (tertiary/aromatic N) is 3.